The zero-order chi connectivity index (χ0) is 7.33. The summed E-state index contributed by atoms with van der Waals surface area (Å²) in [6, 6.07) is 0. The second-order valence-electron chi connectivity index (χ2n) is 2.70. The van der Waals surface area contributed by atoms with E-state index in [1.165, 1.54) is 0 Å². The van der Waals surface area contributed by atoms with Crippen LogP contribution in [0.2, 0.25) is 0 Å². The molecular weight excluding hydrogens is 122 g/mol. The third kappa shape index (κ3) is 4.35. The van der Waals surface area contributed by atoms with Gasteiger partial charge in [0.15, 0.2) is 0 Å². The summed E-state index contributed by atoms with van der Waals surface area (Å²) in [7, 11) is 0. The van der Waals surface area contributed by atoms with E-state index in [9.17, 15) is 0 Å². The van der Waals surface area contributed by atoms with Gasteiger partial charge in [0.1, 0.15) is 0 Å². The maximum absolute atomic E-state index is 8.63. The maximum Gasteiger partial charge on any atom is 0.0781 e. The Morgan fingerprint density at radius 3 is 2.44 bits per heavy atom. The largest absolute Gasteiger partial charge is 0.396 e. The first-order chi connectivity index (χ1) is 4.12. The van der Waals surface area contributed by atoms with Crippen LogP contribution < -0.4 is 5.64 Å². The van der Waals surface area contributed by atoms with Crippen LogP contribution in [-0.2, 0) is 4.84 Å². The third-order valence-corrected chi connectivity index (χ3v) is 0.955. The van der Waals surface area contributed by atoms with E-state index in [0.717, 1.165) is 0 Å². The van der Waals surface area contributed by atoms with Crippen LogP contribution in [0.5, 0.6) is 0 Å². The van der Waals surface area contributed by atoms with E-state index in [1.807, 2.05) is 13.8 Å². The number of aliphatic hydroxyl groups excluding tert-OH is 1. The van der Waals surface area contributed by atoms with Crippen LogP contribution in [0.1, 0.15) is 13.8 Å². The molecule has 4 heteroatoms. The van der Waals surface area contributed by atoms with E-state index < -0.39 is 0 Å². The molecule has 0 spiro atoms. The number of hydrogen-bond donors (Lipinski definition) is 3. The van der Waals surface area contributed by atoms with E-state index in [0.29, 0.717) is 0 Å². The van der Waals surface area contributed by atoms with Gasteiger partial charge in [0, 0.05) is 5.41 Å². The summed E-state index contributed by atoms with van der Waals surface area (Å²) in [5.74, 6) is 0. The highest BCUT2D eigenvalue weighted by Gasteiger charge is 2.16. The van der Waals surface area contributed by atoms with Crippen molar-refractivity contribution in [3.8, 4) is 0 Å². The zero-order valence-corrected chi connectivity index (χ0v) is 5.72. The maximum atomic E-state index is 8.63. The van der Waals surface area contributed by atoms with Gasteiger partial charge in [0.25, 0.3) is 0 Å². The topological polar surface area (TPSA) is 61.7 Å². The average Bonchev–Trinajstić information content (AvgIpc) is 1.84. The van der Waals surface area contributed by atoms with Crippen LogP contribution in [0.25, 0.3) is 0 Å². The Kier molecular flexibility index (Phi) is 3.72. The summed E-state index contributed by atoms with van der Waals surface area (Å²) in [5, 5.41) is 16.6. The molecule has 0 aliphatic rings. The number of hydrogen-bond acceptors (Lipinski definition) is 4. The Morgan fingerprint density at radius 1 is 1.56 bits per heavy atom. The molecule has 0 heterocycles. The van der Waals surface area contributed by atoms with Crippen molar-refractivity contribution in [2.45, 2.75) is 13.8 Å². The second kappa shape index (κ2) is 3.79. The summed E-state index contributed by atoms with van der Waals surface area (Å²) in [5.41, 5.74) is 1.25. The van der Waals surface area contributed by atoms with Crippen molar-refractivity contribution in [3.05, 3.63) is 0 Å². The minimum atomic E-state index is -0.296. The van der Waals surface area contributed by atoms with Crippen LogP contribution in [0, 0.1) is 5.41 Å². The van der Waals surface area contributed by atoms with Crippen LogP contribution in [-0.4, -0.2) is 23.5 Å². The lowest BCUT2D eigenvalue weighted by Gasteiger charge is -2.19. The lowest BCUT2D eigenvalue weighted by Crippen LogP contribution is -2.26. The summed E-state index contributed by atoms with van der Waals surface area (Å²) < 4.78 is 0. The molecule has 0 aromatic heterocycles. The van der Waals surface area contributed by atoms with Gasteiger partial charge < -0.3 is 5.11 Å². The fraction of sp³-hybridized carbons (Fsp3) is 1.00. The molecule has 0 bridgehead atoms. The lowest BCUT2D eigenvalue weighted by atomic mass is 9.97. The van der Waals surface area contributed by atoms with E-state index in [4.69, 9.17) is 10.3 Å². The van der Waals surface area contributed by atoms with Crippen molar-refractivity contribution in [2.24, 2.45) is 5.41 Å². The first-order valence-electron chi connectivity index (χ1n) is 2.74. The fourth-order valence-electron chi connectivity index (χ4n) is 0.273. The molecular formula is C5H13NO3. The Bertz CT molecular complexity index is 74.6. The highest BCUT2D eigenvalue weighted by molar-refractivity contribution is 4.64. The summed E-state index contributed by atoms with van der Waals surface area (Å²) in [6.07, 6.45) is 0. The molecule has 0 aromatic rings. The van der Waals surface area contributed by atoms with Crippen LogP contribution in [0.15, 0.2) is 0 Å². The number of aliphatic hydroxyl groups is 1. The molecule has 0 unspecified atom stereocenters. The first kappa shape index (κ1) is 8.84. The molecule has 0 aliphatic heterocycles. The summed E-state index contributed by atoms with van der Waals surface area (Å²) >= 11 is 0. The molecule has 9 heavy (non-hydrogen) atoms. The van der Waals surface area contributed by atoms with Gasteiger partial charge in [-0.2, -0.15) is 0 Å². The van der Waals surface area contributed by atoms with E-state index in [2.05, 4.69) is 4.84 Å². The van der Waals surface area contributed by atoms with Crippen LogP contribution in [0.4, 0.5) is 0 Å². The SMILES string of the molecule is CC(C)(CO)CONO. The average molecular weight is 135 g/mol. The Morgan fingerprint density at radius 2 is 2.11 bits per heavy atom. The molecule has 0 saturated heterocycles. The summed E-state index contributed by atoms with van der Waals surface area (Å²) in [6.45, 7) is 3.96. The van der Waals surface area contributed by atoms with Gasteiger partial charge in [-0.05, 0) is 0 Å². The zero-order valence-electron chi connectivity index (χ0n) is 5.72. The molecule has 0 aliphatic carbocycles. The Labute approximate surface area is 54.4 Å². The van der Waals surface area contributed by atoms with Crippen molar-refractivity contribution in [3.63, 3.8) is 0 Å². The van der Waals surface area contributed by atoms with Gasteiger partial charge in [0.2, 0.25) is 0 Å². The summed E-state index contributed by atoms with van der Waals surface area (Å²) in [4.78, 5) is 4.43. The predicted molar refractivity (Wildman–Crippen MR) is 31.7 cm³/mol. The second-order valence-corrected chi connectivity index (χ2v) is 2.70. The minimum Gasteiger partial charge on any atom is -0.396 e. The molecule has 4 nitrogen and oxygen atoms in total. The van der Waals surface area contributed by atoms with Gasteiger partial charge in [0.05, 0.1) is 13.2 Å². The van der Waals surface area contributed by atoms with Gasteiger partial charge in [-0.25, -0.2) is 0 Å². The smallest absolute Gasteiger partial charge is 0.0781 e. The van der Waals surface area contributed by atoms with Crippen molar-refractivity contribution in [1.82, 2.24) is 5.64 Å². The minimum absolute atomic E-state index is 0.0364. The van der Waals surface area contributed by atoms with E-state index in [-0.39, 0.29) is 18.6 Å². The van der Waals surface area contributed by atoms with Crippen molar-refractivity contribution < 1.29 is 15.2 Å². The Hall–Kier alpha value is -0.160. The normalized spacial score (nSPS) is 12.0. The van der Waals surface area contributed by atoms with Crippen molar-refractivity contribution >= 4 is 0 Å². The molecule has 0 saturated carbocycles. The standard InChI is InChI=1S/C5H13NO3/c1-5(2,3-7)4-9-6-8/h6-8H,3-4H2,1-2H3. The molecule has 3 N–H and O–H groups in total. The molecule has 56 valence electrons. The molecule has 0 rings (SSSR count). The van der Waals surface area contributed by atoms with Crippen LogP contribution in [0.3, 0.4) is 0 Å². The van der Waals surface area contributed by atoms with Crippen molar-refractivity contribution in [2.75, 3.05) is 13.2 Å². The molecule has 0 amide bonds. The van der Waals surface area contributed by atoms with Gasteiger partial charge >= 0.3 is 0 Å². The van der Waals surface area contributed by atoms with Gasteiger partial charge in [-0.1, -0.05) is 19.5 Å². The number of nitrogens with one attached hydrogen (secondary N) is 1. The number of rotatable bonds is 4. The van der Waals surface area contributed by atoms with Crippen LogP contribution >= 0.6 is 0 Å². The molecule has 0 radical (unpaired) electrons. The Balaban J connectivity index is 3.33. The molecule has 0 aromatic carbocycles. The van der Waals surface area contributed by atoms with Crippen molar-refractivity contribution in [1.29, 1.82) is 0 Å². The fourth-order valence-corrected chi connectivity index (χ4v) is 0.273. The van der Waals surface area contributed by atoms with E-state index >= 15 is 0 Å². The first-order valence-corrected chi connectivity index (χ1v) is 2.74. The highest BCUT2D eigenvalue weighted by atomic mass is 16.8. The third-order valence-electron chi connectivity index (χ3n) is 0.955. The van der Waals surface area contributed by atoms with Gasteiger partial charge in [-0.3, -0.25) is 10.0 Å². The quantitative estimate of drug-likeness (QED) is 0.472. The van der Waals surface area contributed by atoms with E-state index in [1.54, 1.807) is 5.64 Å². The lowest BCUT2D eigenvalue weighted by molar-refractivity contribution is -0.151. The highest BCUT2D eigenvalue weighted by Crippen LogP contribution is 2.12. The molecule has 0 fully saturated rings. The molecule has 0 atom stereocenters. The monoisotopic (exact) mass is 135 g/mol. The predicted octanol–water partition coefficient (Wildman–Crippen LogP) is -0.0847. The van der Waals surface area contributed by atoms with Gasteiger partial charge in [-0.15, -0.1) is 0 Å².